The third-order valence-corrected chi connectivity index (χ3v) is 3.14. The summed E-state index contributed by atoms with van der Waals surface area (Å²) in [6.45, 7) is 2.55. The molecule has 1 aliphatic rings. The van der Waals surface area contributed by atoms with Gasteiger partial charge in [-0.15, -0.1) is 0 Å². The lowest BCUT2D eigenvalue weighted by Crippen LogP contribution is -2.27. The second-order valence-corrected chi connectivity index (χ2v) is 4.21. The maximum atomic E-state index is 11.9. The van der Waals surface area contributed by atoms with Crippen LogP contribution in [0.5, 0.6) is 0 Å². The number of carbonyl (C=O) groups is 1. The van der Waals surface area contributed by atoms with Gasteiger partial charge in [-0.2, -0.15) is 0 Å². The average Bonchev–Trinajstić information content (AvgIpc) is 2.80. The van der Waals surface area contributed by atoms with Crippen LogP contribution in [0.1, 0.15) is 44.5 Å². The van der Waals surface area contributed by atoms with Crippen LogP contribution in [0.3, 0.4) is 0 Å². The number of furan rings is 1. The van der Waals surface area contributed by atoms with E-state index in [9.17, 15) is 4.79 Å². The van der Waals surface area contributed by atoms with Gasteiger partial charge in [-0.3, -0.25) is 4.79 Å². The Balaban J connectivity index is 2.15. The molecule has 0 aliphatic heterocycles. The lowest BCUT2D eigenvalue weighted by Gasteiger charge is -2.27. The van der Waals surface area contributed by atoms with E-state index in [-0.39, 0.29) is 12.0 Å². The number of Topliss-reactive ketones (excluding diaryl/α,β-unsaturated/α-hetero) is 1. The molecule has 3 heteroatoms. The van der Waals surface area contributed by atoms with Crippen LogP contribution in [-0.2, 0) is 9.53 Å². The third kappa shape index (κ3) is 2.35. The van der Waals surface area contributed by atoms with Crippen LogP contribution in [0, 0.1) is 5.92 Å². The van der Waals surface area contributed by atoms with E-state index >= 15 is 0 Å². The molecule has 0 radical (unpaired) electrons. The highest BCUT2D eigenvalue weighted by molar-refractivity contribution is 5.82. The van der Waals surface area contributed by atoms with Gasteiger partial charge in [0.25, 0.3) is 0 Å². The van der Waals surface area contributed by atoms with Gasteiger partial charge < -0.3 is 9.15 Å². The van der Waals surface area contributed by atoms with Crippen molar-refractivity contribution in [2.75, 3.05) is 6.61 Å². The number of ketones is 1. The maximum Gasteiger partial charge on any atom is 0.139 e. The lowest BCUT2D eigenvalue weighted by molar-refractivity contribution is -0.131. The molecule has 1 aromatic rings. The highest BCUT2D eigenvalue weighted by atomic mass is 16.5. The van der Waals surface area contributed by atoms with Crippen molar-refractivity contribution in [3.05, 3.63) is 24.2 Å². The molecule has 0 amide bonds. The smallest absolute Gasteiger partial charge is 0.139 e. The van der Waals surface area contributed by atoms with E-state index in [1.807, 2.05) is 19.1 Å². The van der Waals surface area contributed by atoms with Crippen molar-refractivity contribution in [1.29, 1.82) is 0 Å². The Labute approximate surface area is 95.8 Å². The minimum Gasteiger partial charge on any atom is -0.467 e. The molecule has 88 valence electrons. The van der Waals surface area contributed by atoms with E-state index in [2.05, 4.69) is 0 Å². The van der Waals surface area contributed by atoms with E-state index < -0.39 is 0 Å². The van der Waals surface area contributed by atoms with Gasteiger partial charge in [-0.1, -0.05) is 6.42 Å². The zero-order chi connectivity index (χ0) is 11.4. The summed E-state index contributed by atoms with van der Waals surface area (Å²) < 4.78 is 11.1. The molecule has 16 heavy (non-hydrogen) atoms. The Morgan fingerprint density at radius 2 is 2.44 bits per heavy atom. The van der Waals surface area contributed by atoms with Crippen LogP contribution in [0.15, 0.2) is 22.8 Å². The number of hydrogen-bond acceptors (Lipinski definition) is 3. The second-order valence-electron chi connectivity index (χ2n) is 4.21. The molecule has 0 saturated heterocycles. The Morgan fingerprint density at radius 3 is 3.06 bits per heavy atom. The minimum atomic E-state index is -0.187. The highest BCUT2D eigenvalue weighted by Gasteiger charge is 2.33. The van der Waals surface area contributed by atoms with E-state index in [0.717, 1.165) is 25.0 Å². The fraction of sp³-hybridized carbons (Fsp3) is 0.615. The second kappa shape index (κ2) is 5.30. The van der Waals surface area contributed by atoms with Crippen LogP contribution in [-0.4, -0.2) is 12.4 Å². The Bertz CT molecular complexity index is 329. The molecule has 1 heterocycles. The predicted molar refractivity (Wildman–Crippen MR) is 60.0 cm³/mol. The van der Waals surface area contributed by atoms with Crippen molar-refractivity contribution in [3.63, 3.8) is 0 Å². The summed E-state index contributed by atoms with van der Waals surface area (Å²) in [7, 11) is 0. The molecule has 3 nitrogen and oxygen atoms in total. The quantitative estimate of drug-likeness (QED) is 0.785. The molecule has 0 aromatic carbocycles. The number of carbonyl (C=O) groups excluding carboxylic acids is 1. The SMILES string of the molecule is CCO[C@@H](c1ccco1)C1CCCCC1=O. The van der Waals surface area contributed by atoms with Crippen LogP contribution >= 0.6 is 0 Å². The monoisotopic (exact) mass is 222 g/mol. The Kier molecular flexibility index (Phi) is 3.78. The topological polar surface area (TPSA) is 39.4 Å². The van der Waals surface area contributed by atoms with E-state index in [1.165, 1.54) is 0 Å². The summed E-state index contributed by atoms with van der Waals surface area (Å²) in [5.41, 5.74) is 0. The molecule has 1 saturated carbocycles. The number of ether oxygens (including phenoxy) is 1. The van der Waals surface area contributed by atoms with Crippen LogP contribution < -0.4 is 0 Å². The molecule has 2 rings (SSSR count). The lowest BCUT2D eigenvalue weighted by atomic mass is 9.83. The van der Waals surface area contributed by atoms with Crippen molar-refractivity contribution in [2.24, 2.45) is 5.92 Å². The Hall–Kier alpha value is -1.09. The van der Waals surface area contributed by atoms with Gasteiger partial charge in [0.15, 0.2) is 0 Å². The molecule has 2 atom stereocenters. The molecular formula is C13H18O3. The first kappa shape index (κ1) is 11.4. The fourth-order valence-electron chi connectivity index (χ4n) is 2.36. The first-order valence-corrected chi connectivity index (χ1v) is 6.00. The summed E-state index contributed by atoms with van der Waals surface area (Å²) >= 11 is 0. The molecule has 0 spiro atoms. The van der Waals surface area contributed by atoms with Crippen molar-refractivity contribution in [2.45, 2.75) is 38.7 Å². The summed E-state index contributed by atoms with van der Waals surface area (Å²) in [5, 5.41) is 0. The van der Waals surface area contributed by atoms with Gasteiger partial charge in [0, 0.05) is 13.0 Å². The molecule has 0 bridgehead atoms. The molecule has 0 N–H and O–H groups in total. The zero-order valence-corrected chi connectivity index (χ0v) is 9.65. The van der Waals surface area contributed by atoms with Crippen molar-refractivity contribution in [1.82, 2.24) is 0 Å². The number of hydrogen-bond donors (Lipinski definition) is 0. The molecule has 1 unspecified atom stereocenters. The summed E-state index contributed by atoms with van der Waals surface area (Å²) in [6, 6.07) is 3.73. The number of rotatable bonds is 4. The fourth-order valence-corrected chi connectivity index (χ4v) is 2.36. The van der Waals surface area contributed by atoms with Gasteiger partial charge in [0.05, 0.1) is 12.2 Å². The van der Waals surface area contributed by atoms with Crippen molar-refractivity contribution < 1.29 is 13.9 Å². The third-order valence-electron chi connectivity index (χ3n) is 3.14. The van der Waals surface area contributed by atoms with Crippen molar-refractivity contribution in [3.8, 4) is 0 Å². The van der Waals surface area contributed by atoms with Crippen LogP contribution in [0.25, 0.3) is 0 Å². The van der Waals surface area contributed by atoms with E-state index in [4.69, 9.17) is 9.15 Å². The minimum absolute atomic E-state index is 0.0140. The van der Waals surface area contributed by atoms with Gasteiger partial charge >= 0.3 is 0 Å². The summed E-state index contributed by atoms with van der Waals surface area (Å²) in [6.07, 6.45) is 5.19. The first-order chi connectivity index (χ1) is 7.83. The first-order valence-electron chi connectivity index (χ1n) is 6.00. The molecular weight excluding hydrogens is 204 g/mol. The maximum absolute atomic E-state index is 11.9. The standard InChI is InChI=1S/C13H18O3/c1-2-15-13(12-8-5-9-16-12)10-6-3-4-7-11(10)14/h5,8-10,13H,2-4,6-7H2,1H3/t10?,13-/m1/s1. The zero-order valence-electron chi connectivity index (χ0n) is 9.65. The van der Waals surface area contributed by atoms with Gasteiger partial charge in [-0.25, -0.2) is 0 Å². The van der Waals surface area contributed by atoms with Gasteiger partial charge in [0.2, 0.25) is 0 Å². The average molecular weight is 222 g/mol. The Morgan fingerprint density at radius 1 is 1.56 bits per heavy atom. The summed E-state index contributed by atoms with van der Waals surface area (Å²) in [4.78, 5) is 11.9. The highest BCUT2D eigenvalue weighted by Crippen LogP contribution is 2.34. The van der Waals surface area contributed by atoms with Gasteiger partial charge in [0.1, 0.15) is 17.6 Å². The predicted octanol–water partition coefficient (Wildman–Crippen LogP) is 3.12. The van der Waals surface area contributed by atoms with E-state index in [1.54, 1.807) is 6.26 Å². The van der Waals surface area contributed by atoms with Gasteiger partial charge in [-0.05, 0) is 31.9 Å². The van der Waals surface area contributed by atoms with Crippen LogP contribution in [0.4, 0.5) is 0 Å². The normalized spacial score (nSPS) is 23.3. The summed E-state index contributed by atoms with van der Waals surface area (Å²) in [5.74, 6) is 1.09. The largest absolute Gasteiger partial charge is 0.467 e. The molecule has 1 aliphatic carbocycles. The van der Waals surface area contributed by atoms with Crippen molar-refractivity contribution >= 4 is 5.78 Å². The molecule has 1 fully saturated rings. The molecule has 1 aromatic heterocycles. The van der Waals surface area contributed by atoms with E-state index in [0.29, 0.717) is 18.8 Å². The van der Waals surface area contributed by atoms with Crippen LogP contribution in [0.2, 0.25) is 0 Å².